The maximum Gasteiger partial charge on any atom is 0.197 e. The van der Waals surface area contributed by atoms with Crippen LogP contribution in [0.4, 0.5) is 0 Å². The molecule has 0 aliphatic rings. The van der Waals surface area contributed by atoms with Crippen LogP contribution >= 0.6 is 0 Å². The predicted molar refractivity (Wildman–Crippen MR) is 44.0 cm³/mol. The van der Waals surface area contributed by atoms with E-state index in [2.05, 4.69) is 0 Å². The van der Waals surface area contributed by atoms with Gasteiger partial charge in [-0.1, -0.05) is 6.92 Å². The van der Waals surface area contributed by atoms with Crippen LogP contribution in [-0.2, 0) is 0 Å². The summed E-state index contributed by atoms with van der Waals surface area (Å²) in [6, 6.07) is 1.55. The van der Waals surface area contributed by atoms with Gasteiger partial charge in [-0.05, 0) is 19.4 Å². The zero-order chi connectivity index (χ0) is 9.19. The fourth-order valence-corrected chi connectivity index (χ4v) is 0.865. The molecule has 0 aliphatic heterocycles. The van der Waals surface area contributed by atoms with Crippen LogP contribution < -0.4 is 0 Å². The number of carbonyl (C=O) groups is 1. The topological polar surface area (TPSA) is 50.4 Å². The smallest absolute Gasteiger partial charge is 0.197 e. The van der Waals surface area contributed by atoms with Crippen molar-refractivity contribution in [2.45, 2.75) is 25.9 Å². The molecule has 1 heterocycles. The second-order valence-electron chi connectivity index (χ2n) is 2.97. The van der Waals surface area contributed by atoms with Crippen molar-refractivity contribution in [3.8, 4) is 0 Å². The summed E-state index contributed by atoms with van der Waals surface area (Å²) in [4.78, 5) is 11.4. The molecule has 0 spiro atoms. The highest BCUT2D eigenvalue weighted by Crippen LogP contribution is 2.16. The lowest BCUT2D eigenvalue weighted by molar-refractivity contribution is 0.0390. The molecule has 0 radical (unpaired) electrons. The molecule has 1 unspecified atom stereocenters. The maximum absolute atomic E-state index is 11.4. The minimum atomic E-state index is -1.27. The van der Waals surface area contributed by atoms with Gasteiger partial charge in [0.1, 0.15) is 11.9 Å². The third-order valence-electron chi connectivity index (χ3n) is 1.96. The van der Waals surface area contributed by atoms with E-state index in [0.29, 0.717) is 12.0 Å². The number of Topliss-reactive ketones (excluding diaryl/α,β-unsaturated/α-hetero) is 1. The van der Waals surface area contributed by atoms with Crippen LogP contribution in [0, 0.1) is 0 Å². The molecule has 0 aromatic carbocycles. The van der Waals surface area contributed by atoms with E-state index >= 15 is 0 Å². The molecular weight excluding hydrogens is 156 g/mol. The van der Waals surface area contributed by atoms with E-state index in [4.69, 9.17) is 4.42 Å². The lowest BCUT2D eigenvalue weighted by Gasteiger charge is -2.17. The molecule has 3 nitrogen and oxygen atoms in total. The Balaban J connectivity index is 2.86. The summed E-state index contributed by atoms with van der Waals surface area (Å²) in [5.74, 6) is -0.293. The van der Waals surface area contributed by atoms with Crippen molar-refractivity contribution in [1.82, 2.24) is 0 Å². The van der Waals surface area contributed by atoms with E-state index < -0.39 is 5.60 Å². The van der Waals surface area contributed by atoms with Gasteiger partial charge in [-0.3, -0.25) is 4.79 Å². The van der Waals surface area contributed by atoms with Gasteiger partial charge in [-0.15, -0.1) is 0 Å². The Morgan fingerprint density at radius 3 is 2.83 bits per heavy atom. The Labute approximate surface area is 71.0 Å². The summed E-state index contributed by atoms with van der Waals surface area (Å²) in [6.07, 6.45) is 3.16. The number of hydrogen-bond acceptors (Lipinski definition) is 3. The van der Waals surface area contributed by atoms with Gasteiger partial charge < -0.3 is 9.52 Å². The van der Waals surface area contributed by atoms with Crippen LogP contribution in [-0.4, -0.2) is 16.5 Å². The van der Waals surface area contributed by atoms with Crippen molar-refractivity contribution in [2.24, 2.45) is 0 Å². The van der Waals surface area contributed by atoms with E-state index in [0.717, 1.165) is 0 Å². The van der Waals surface area contributed by atoms with Gasteiger partial charge in [0.05, 0.1) is 11.8 Å². The van der Waals surface area contributed by atoms with Crippen molar-refractivity contribution >= 4 is 5.78 Å². The minimum absolute atomic E-state index is 0.293. The molecule has 1 N–H and O–H groups in total. The maximum atomic E-state index is 11.4. The van der Waals surface area contributed by atoms with Crippen molar-refractivity contribution in [3.05, 3.63) is 24.2 Å². The highest BCUT2D eigenvalue weighted by molar-refractivity contribution is 6.01. The second kappa shape index (κ2) is 3.11. The first kappa shape index (κ1) is 9.00. The van der Waals surface area contributed by atoms with Crippen LogP contribution in [0.1, 0.15) is 30.6 Å². The molecule has 66 valence electrons. The zero-order valence-electron chi connectivity index (χ0n) is 7.20. The lowest BCUT2D eigenvalue weighted by Crippen LogP contribution is -2.33. The molecule has 0 aliphatic carbocycles. The number of carbonyl (C=O) groups excluding carboxylic acids is 1. The van der Waals surface area contributed by atoms with Gasteiger partial charge in [-0.2, -0.15) is 0 Å². The average Bonchev–Trinajstić information content (AvgIpc) is 2.55. The Morgan fingerprint density at radius 1 is 1.75 bits per heavy atom. The van der Waals surface area contributed by atoms with Gasteiger partial charge >= 0.3 is 0 Å². The fourth-order valence-electron chi connectivity index (χ4n) is 0.865. The minimum Gasteiger partial charge on any atom is -0.472 e. The van der Waals surface area contributed by atoms with E-state index in [1.807, 2.05) is 0 Å². The Morgan fingerprint density at radius 2 is 2.42 bits per heavy atom. The molecule has 1 rings (SSSR count). The first-order chi connectivity index (χ1) is 5.58. The Kier molecular flexibility index (Phi) is 2.33. The molecule has 0 fully saturated rings. The summed E-state index contributed by atoms with van der Waals surface area (Å²) in [7, 11) is 0. The van der Waals surface area contributed by atoms with Gasteiger partial charge in [0.25, 0.3) is 0 Å². The quantitative estimate of drug-likeness (QED) is 0.698. The monoisotopic (exact) mass is 168 g/mol. The lowest BCUT2D eigenvalue weighted by atomic mass is 9.94. The number of hydrogen-bond donors (Lipinski definition) is 1. The summed E-state index contributed by atoms with van der Waals surface area (Å²) >= 11 is 0. The fraction of sp³-hybridized carbons (Fsp3) is 0.444. The third-order valence-corrected chi connectivity index (χ3v) is 1.96. The molecule has 3 heteroatoms. The summed E-state index contributed by atoms with van der Waals surface area (Å²) in [5, 5.41) is 9.57. The van der Waals surface area contributed by atoms with Crippen LogP contribution in [0.15, 0.2) is 23.0 Å². The summed E-state index contributed by atoms with van der Waals surface area (Å²) < 4.78 is 4.74. The average molecular weight is 168 g/mol. The normalized spacial score (nSPS) is 15.6. The van der Waals surface area contributed by atoms with Crippen LogP contribution in [0.3, 0.4) is 0 Å². The third kappa shape index (κ3) is 1.56. The number of rotatable bonds is 3. The van der Waals surface area contributed by atoms with E-state index in [1.165, 1.54) is 19.5 Å². The zero-order valence-corrected chi connectivity index (χ0v) is 7.20. The van der Waals surface area contributed by atoms with E-state index in [9.17, 15) is 9.90 Å². The van der Waals surface area contributed by atoms with E-state index in [-0.39, 0.29) is 5.78 Å². The molecule has 0 saturated carbocycles. The van der Waals surface area contributed by atoms with Crippen LogP contribution in [0.5, 0.6) is 0 Å². The highest BCUT2D eigenvalue weighted by atomic mass is 16.3. The molecule has 1 atom stereocenters. The molecule has 1 aromatic rings. The van der Waals surface area contributed by atoms with E-state index in [1.54, 1.807) is 13.0 Å². The van der Waals surface area contributed by atoms with Crippen molar-refractivity contribution < 1.29 is 14.3 Å². The van der Waals surface area contributed by atoms with Gasteiger partial charge in [-0.25, -0.2) is 0 Å². The van der Waals surface area contributed by atoms with Crippen molar-refractivity contribution in [2.75, 3.05) is 0 Å². The number of ketones is 1. The van der Waals surface area contributed by atoms with Crippen LogP contribution in [0.25, 0.3) is 0 Å². The van der Waals surface area contributed by atoms with Gasteiger partial charge in [0.2, 0.25) is 0 Å². The Hall–Kier alpha value is -1.09. The number of aliphatic hydroxyl groups is 1. The van der Waals surface area contributed by atoms with Gasteiger partial charge in [0, 0.05) is 0 Å². The number of furan rings is 1. The second-order valence-corrected chi connectivity index (χ2v) is 2.97. The first-order valence-electron chi connectivity index (χ1n) is 3.87. The molecule has 1 aromatic heterocycles. The standard InChI is InChI=1S/C9H12O3/c1-3-9(2,11)8(10)7-4-5-12-6-7/h4-6,11H,3H2,1-2H3. The highest BCUT2D eigenvalue weighted by Gasteiger charge is 2.29. The summed E-state index contributed by atoms with van der Waals surface area (Å²) in [5.41, 5.74) is -0.856. The largest absolute Gasteiger partial charge is 0.472 e. The molecule has 0 amide bonds. The SMILES string of the molecule is CCC(C)(O)C(=O)c1ccoc1. The molecule has 0 bridgehead atoms. The van der Waals surface area contributed by atoms with Crippen molar-refractivity contribution in [3.63, 3.8) is 0 Å². The van der Waals surface area contributed by atoms with Crippen molar-refractivity contribution in [1.29, 1.82) is 0 Å². The van der Waals surface area contributed by atoms with Gasteiger partial charge in [0.15, 0.2) is 5.78 Å². The summed E-state index contributed by atoms with van der Waals surface area (Å²) in [6.45, 7) is 3.26. The van der Waals surface area contributed by atoms with Crippen LogP contribution in [0.2, 0.25) is 0 Å². The predicted octanol–water partition coefficient (Wildman–Crippen LogP) is 1.62. The molecule has 12 heavy (non-hydrogen) atoms. The molecular formula is C9H12O3. The first-order valence-corrected chi connectivity index (χ1v) is 3.87. The molecule has 0 saturated heterocycles. The Bertz CT molecular complexity index is 259.